The van der Waals surface area contributed by atoms with Gasteiger partial charge in [-0.2, -0.15) is 0 Å². The van der Waals surface area contributed by atoms with E-state index in [2.05, 4.69) is 11.3 Å². The van der Waals surface area contributed by atoms with E-state index < -0.39 is 17.9 Å². The van der Waals surface area contributed by atoms with Crippen molar-refractivity contribution in [3.63, 3.8) is 0 Å². The topological polar surface area (TPSA) is 107 Å². The molecule has 0 saturated heterocycles. The van der Waals surface area contributed by atoms with Crippen molar-refractivity contribution in [3.05, 3.63) is 12.7 Å². The molecule has 0 bridgehead atoms. The standard InChI is InChI=1S/C12H16O7S/c1-2-10(15)18-6-7-19-11(16)5-8-20-12(17)4-3-9(13)14/h2H,1,3-8H2,(H,13,14). The zero-order chi connectivity index (χ0) is 15.4. The van der Waals surface area contributed by atoms with Gasteiger partial charge in [0.25, 0.3) is 0 Å². The van der Waals surface area contributed by atoms with Crippen LogP contribution in [0.2, 0.25) is 0 Å². The van der Waals surface area contributed by atoms with Crippen LogP contribution in [0.4, 0.5) is 0 Å². The van der Waals surface area contributed by atoms with Crippen LogP contribution in [0.15, 0.2) is 12.7 Å². The Hall–Kier alpha value is -1.83. The molecule has 0 rings (SSSR count). The van der Waals surface area contributed by atoms with Gasteiger partial charge in [-0.1, -0.05) is 18.3 Å². The summed E-state index contributed by atoms with van der Waals surface area (Å²) in [6, 6.07) is 0. The third-order valence-electron chi connectivity index (χ3n) is 1.87. The van der Waals surface area contributed by atoms with E-state index >= 15 is 0 Å². The van der Waals surface area contributed by atoms with Gasteiger partial charge in [0.05, 0.1) is 12.8 Å². The first kappa shape index (κ1) is 18.2. The number of ether oxygens (including phenoxy) is 2. The van der Waals surface area contributed by atoms with Crippen LogP contribution in [-0.2, 0) is 28.7 Å². The van der Waals surface area contributed by atoms with Crippen molar-refractivity contribution in [2.24, 2.45) is 0 Å². The number of hydrogen-bond donors (Lipinski definition) is 1. The zero-order valence-corrected chi connectivity index (χ0v) is 11.6. The molecule has 112 valence electrons. The molecule has 0 aromatic heterocycles. The van der Waals surface area contributed by atoms with E-state index in [-0.39, 0.29) is 43.3 Å². The molecular weight excluding hydrogens is 288 g/mol. The molecule has 0 aliphatic heterocycles. The summed E-state index contributed by atoms with van der Waals surface area (Å²) in [5.74, 6) is -1.92. The van der Waals surface area contributed by atoms with Gasteiger partial charge in [0.2, 0.25) is 0 Å². The Kier molecular flexibility index (Phi) is 10.0. The highest BCUT2D eigenvalue weighted by molar-refractivity contribution is 8.13. The van der Waals surface area contributed by atoms with E-state index in [0.29, 0.717) is 0 Å². The third-order valence-corrected chi connectivity index (χ3v) is 2.80. The lowest BCUT2D eigenvalue weighted by Gasteiger charge is -2.04. The summed E-state index contributed by atoms with van der Waals surface area (Å²) in [6.45, 7) is 3.09. The summed E-state index contributed by atoms with van der Waals surface area (Å²) in [5, 5.41) is 8.10. The predicted octanol–water partition coefficient (Wildman–Crippen LogP) is 0.774. The monoisotopic (exact) mass is 304 g/mol. The van der Waals surface area contributed by atoms with Crippen LogP contribution in [0, 0.1) is 0 Å². The smallest absolute Gasteiger partial charge is 0.330 e. The second-order valence-corrected chi connectivity index (χ2v) is 4.61. The van der Waals surface area contributed by atoms with Crippen LogP contribution in [0.5, 0.6) is 0 Å². The minimum absolute atomic E-state index is 0.0267. The lowest BCUT2D eigenvalue weighted by atomic mass is 10.3. The number of aliphatic carboxylic acids is 1. The average Bonchev–Trinajstić information content (AvgIpc) is 2.41. The van der Waals surface area contributed by atoms with E-state index in [9.17, 15) is 19.2 Å². The molecule has 0 radical (unpaired) electrons. The number of hydrogen-bond acceptors (Lipinski definition) is 7. The maximum Gasteiger partial charge on any atom is 0.330 e. The van der Waals surface area contributed by atoms with Gasteiger partial charge in [0.15, 0.2) is 5.12 Å². The van der Waals surface area contributed by atoms with Crippen LogP contribution >= 0.6 is 11.8 Å². The van der Waals surface area contributed by atoms with Crippen LogP contribution in [-0.4, -0.2) is 47.1 Å². The number of esters is 2. The number of carbonyl (C=O) groups is 4. The van der Waals surface area contributed by atoms with Crippen molar-refractivity contribution in [1.29, 1.82) is 0 Å². The van der Waals surface area contributed by atoms with E-state index in [0.717, 1.165) is 17.8 Å². The minimum Gasteiger partial charge on any atom is -0.481 e. The van der Waals surface area contributed by atoms with Gasteiger partial charge in [-0.05, 0) is 0 Å². The Morgan fingerprint density at radius 3 is 2.30 bits per heavy atom. The highest BCUT2D eigenvalue weighted by atomic mass is 32.2. The van der Waals surface area contributed by atoms with Crippen LogP contribution in [0.3, 0.4) is 0 Å². The molecule has 7 nitrogen and oxygen atoms in total. The molecule has 0 aromatic rings. The third kappa shape index (κ3) is 11.3. The average molecular weight is 304 g/mol. The summed E-state index contributed by atoms with van der Waals surface area (Å²) in [7, 11) is 0. The molecular formula is C12H16O7S. The number of rotatable bonds is 10. The molecule has 0 spiro atoms. The van der Waals surface area contributed by atoms with Crippen molar-refractivity contribution in [1.82, 2.24) is 0 Å². The van der Waals surface area contributed by atoms with E-state index in [1.165, 1.54) is 0 Å². The lowest BCUT2D eigenvalue weighted by molar-refractivity contribution is -0.149. The molecule has 0 atom stereocenters. The van der Waals surface area contributed by atoms with Gasteiger partial charge in [0, 0.05) is 18.2 Å². The quantitative estimate of drug-likeness (QED) is 0.358. The number of carboxylic acid groups (broad SMARTS) is 1. The molecule has 0 aliphatic carbocycles. The van der Waals surface area contributed by atoms with Crippen LogP contribution in [0.25, 0.3) is 0 Å². The highest BCUT2D eigenvalue weighted by Crippen LogP contribution is 2.09. The molecule has 0 fully saturated rings. The highest BCUT2D eigenvalue weighted by Gasteiger charge is 2.09. The SMILES string of the molecule is C=CC(=O)OCCOC(=O)CCSC(=O)CCC(=O)O. The van der Waals surface area contributed by atoms with E-state index in [1.54, 1.807) is 0 Å². The van der Waals surface area contributed by atoms with E-state index in [1.807, 2.05) is 0 Å². The molecule has 0 aromatic carbocycles. The second kappa shape index (κ2) is 11.0. The zero-order valence-electron chi connectivity index (χ0n) is 10.8. The Morgan fingerprint density at radius 1 is 1.05 bits per heavy atom. The fraction of sp³-hybridized carbons (Fsp3) is 0.500. The molecule has 0 heterocycles. The first-order chi connectivity index (χ1) is 9.45. The van der Waals surface area contributed by atoms with Crippen molar-refractivity contribution < 1.29 is 33.8 Å². The molecule has 8 heteroatoms. The number of carboxylic acids is 1. The van der Waals surface area contributed by atoms with Crippen molar-refractivity contribution in [2.45, 2.75) is 19.3 Å². The molecule has 20 heavy (non-hydrogen) atoms. The minimum atomic E-state index is -1.03. The molecule has 0 saturated carbocycles. The lowest BCUT2D eigenvalue weighted by Crippen LogP contribution is -2.13. The first-order valence-corrected chi connectivity index (χ1v) is 6.76. The Morgan fingerprint density at radius 2 is 1.70 bits per heavy atom. The van der Waals surface area contributed by atoms with Gasteiger partial charge in [-0.25, -0.2) is 4.79 Å². The van der Waals surface area contributed by atoms with Crippen LogP contribution < -0.4 is 0 Å². The normalized spacial score (nSPS) is 9.60. The maximum atomic E-state index is 11.2. The second-order valence-electron chi connectivity index (χ2n) is 3.46. The molecule has 0 unspecified atom stereocenters. The predicted molar refractivity (Wildman–Crippen MR) is 71.1 cm³/mol. The summed E-state index contributed by atoms with van der Waals surface area (Å²) in [4.78, 5) is 43.3. The van der Waals surface area contributed by atoms with Gasteiger partial charge in [-0.3, -0.25) is 14.4 Å². The summed E-state index contributed by atoms with van der Waals surface area (Å²) in [5.41, 5.74) is 0. The van der Waals surface area contributed by atoms with Gasteiger partial charge in [-0.15, -0.1) is 0 Å². The molecule has 0 amide bonds. The Balaban J connectivity index is 3.53. The van der Waals surface area contributed by atoms with Crippen molar-refractivity contribution in [2.75, 3.05) is 19.0 Å². The first-order valence-electron chi connectivity index (χ1n) is 5.78. The fourth-order valence-corrected chi connectivity index (χ4v) is 1.70. The van der Waals surface area contributed by atoms with Crippen molar-refractivity contribution >= 4 is 34.8 Å². The number of thioether (sulfide) groups is 1. The largest absolute Gasteiger partial charge is 0.481 e. The summed E-state index contributed by atoms with van der Waals surface area (Å²) < 4.78 is 9.34. The summed E-state index contributed by atoms with van der Waals surface area (Å²) in [6.07, 6.45) is 0.748. The van der Waals surface area contributed by atoms with E-state index in [4.69, 9.17) is 9.84 Å². The van der Waals surface area contributed by atoms with Gasteiger partial charge >= 0.3 is 17.9 Å². The fourth-order valence-electron chi connectivity index (χ4n) is 0.958. The Bertz CT molecular complexity index is 378. The van der Waals surface area contributed by atoms with Crippen LogP contribution in [0.1, 0.15) is 19.3 Å². The summed E-state index contributed by atoms with van der Waals surface area (Å²) >= 11 is 0.893. The molecule has 0 aliphatic rings. The Labute approximate surface area is 120 Å². The number of carbonyl (C=O) groups excluding carboxylic acids is 3. The van der Waals surface area contributed by atoms with Crippen molar-refractivity contribution in [3.8, 4) is 0 Å². The van der Waals surface area contributed by atoms with Gasteiger partial charge < -0.3 is 14.6 Å². The maximum absolute atomic E-state index is 11.2. The van der Waals surface area contributed by atoms with Gasteiger partial charge in [0.1, 0.15) is 13.2 Å². The molecule has 1 N–H and O–H groups in total.